The molecule has 0 aliphatic rings. The first-order chi connectivity index (χ1) is 14.5. The topological polar surface area (TPSA) is 94.2 Å². The maximum Gasteiger partial charge on any atom is 0.406 e. The normalized spacial score (nSPS) is 11.8. The lowest BCUT2D eigenvalue weighted by molar-refractivity contribution is -0.385. The number of nitro groups is 1. The molecule has 8 nitrogen and oxygen atoms in total. The van der Waals surface area contributed by atoms with Gasteiger partial charge in [-0.15, -0.1) is 0 Å². The van der Waals surface area contributed by atoms with Crippen LogP contribution >= 0.6 is 0 Å². The fourth-order valence-corrected chi connectivity index (χ4v) is 3.31. The highest BCUT2D eigenvalue weighted by atomic mass is 19.4. The second-order valence-electron chi connectivity index (χ2n) is 7.39. The second-order valence-corrected chi connectivity index (χ2v) is 7.39. The van der Waals surface area contributed by atoms with Gasteiger partial charge in [0.15, 0.2) is 5.65 Å². The molecule has 11 heteroatoms. The van der Waals surface area contributed by atoms with Gasteiger partial charge < -0.3 is 4.90 Å². The van der Waals surface area contributed by atoms with Gasteiger partial charge in [-0.1, -0.05) is 18.2 Å². The van der Waals surface area contributed by atoms with Crippen molar-refractivity contribution in [1.82, 2.24) is 19.7 Å². The zero-order valence-corrected chi connectivity index (χ0v) is 17.1. The van der Waals surface area contributed by atoms with E-state index in [1.165, 1.54) is 36.5 Å². The van der Waals surface area contributed by atoms with Crippen molar-refractivity contribution in [3.05, 3.63) is 63.5 Å². The van der Waals surface area contributed by atoms with Crippen LogP contribution in [0.2, 0.25) is 0 Å². The van der Waals surface area contributed by atoms with E-state index in [2.05, 4.69) is 10.1 Å². The average molecular weight is 435 g/mol. The minimum absolute atomic E-state index is 0.00463. The number of amides is 1. The third-order valence-corrected chi connectivity index (χ3v) is 4.62. The Kier molecular flexibility index (Phi) is 5.96. The Labute approximate surface area is 175 Å². The van der Waals surface area contributed by atoms with Gasteiger partial charge >= 0.3 is 6.18 Å². The summed E-state index contributed by atoms with van der Waals surface area (Å²) >= 11 is 0. The summed E-state index contributed by atoms with van der Waals surface area (Å²) in [5, 5.41) is 15.8. The van der Waals surface area contributed by atoms with Crippen LogP contribution in [0, 0.1) is 17.0 Å². The molecule has 1 aromatic carbocycles. The predicted octanol–water partition coefficient (Wildman–Crippen LogP) is 4.43. The number of carbonyl (C=O) groups excluding carboxylic acids is 1. The van der Waals surface area contributed by atoms with Crippen LogP contribution in [0.1, 0.15) is 41.5 Å². The van der Waals surface area contributed by atoms with Crippen molar-refractivity contribution in [2.75, 3.05) is 6.54 Å². The summed E-state index contributed by atoms with van der Waals surface area (Å²) in [6.45, 7) is 3.23. The summed E-state index contributed by atoms with van der Waals surface area (Å²) in [5.41, 5.74) is 0.486. The number of benzene rings is 1. The van der Waals surface area contributed by atoms with Gasteiger partial charge in [-0.2, -0.15) is 18.3 Å². The highest BCUT2D eigenvalue weighted by molar-refractivity contribution is 6.05. The molecule has 0 bridgehead atoms. The van der Waals surface area contributed by atoms with E-state index in [4.69, 9.17) is 0 Å². The van der Waals surface area contributed by atoms with E-state index >= 15 is 0 Å². The smallest absolute Gasteiger partial charge is 0.325 e. The van der Waals surface area contributed by atoms with Crippen LogP contribution in [-0.2, 0) is 6.54 Å². The minimum Gasteiger partial charge on any atom is -0.325 e. The van der Waals surface area contributed by atoms with Gasteiger partial charge in [0.05, 0.1) is 28.6 Å². The third-order valence-electron chi connectivity index (χ3n) is 4.62. The number of alkyl halides is 3. The molecule has 0 saturated carbocycles. The maximum absolute atomic E-state index is 13.3. The van der Waals surface area contributed by atoms with Crippen LogP contribution in [0.25, 0.3) is 11.0 Å². The van der Waals surface area contributed by atoms with Crippen molar-refractivity contribution >= 4 is 22.6 Å². The lowest BCUT2D eigenvalue weighted by Crippen LogP contribution is -2.38. The lowest BCUT2D eigenvalue weighted by Gasteiger charge is -2.24. The van der Waals surface area contributed by atoms with Gasteiger partial charge in [0.1, 0.15) is 6.54 Å². The molecule has 0 aliphatic carbocycles. The summed E-state index contributed by atoms with van der Waals surface area (Å²) in [6.07, 6.45) is -3.30. The molecule has 0 aliphatic heterocycles. The fraction of sp³-hybridized carbons (Fsp3) is 0.350. The van der Waals surface area contributed by atoms with Gasteiger partial charge in [-0.05, 0) is 26.8 Å². The zero-order chi connectivity index (χ0) is 22.9. The number of pyridine rings is 1. The number of hydrogen-bond donors (Lipinski definition) is 0. The predicted molar refractivity (Wildman–Crippen MR) is 107 cm³/mol. The number of aromatic nitrogens is 3. The van der Waals surface area contributed by atoms with Crippen LogP contribution in [0.4, 0.5) is 18.9 Å². The number of carbonyl (C=O) groups is 1. The molecule has 3 rings (SSSR count). The highest BCUT2D eigenvalue weighted by Gasteiger charge is 2.35. The summed E-state index contributed by atoms with van der Waals surface area (Å²) in [6, 6.07) is 6.73. The van der Waals surface area contributed by atoms with Crippen molar-refractivity contribution < 1.29 is 22.9 Å². The monoisotopic (exact) mass is 435 g/mol. The number of nitro benzene ring substituents is 1. The molecule has 0 spiro atoms. The molecule has 31 heavy (non-hydrogen) atoms. The van der Waals surface area contributed by atoms with E-state index < -0.39 is 30.1 Å². The Morgan fingerprint density at radius 2 is 1.97 bits per heavy atom. The first-order valence-electron chi connectivity index (χ1n) is 9.41. The van der Waals surface area contributed by atoms with E-state index in [1.807, 2.05) is 13.8 Å². The number of aryl methyl sites for hydroxylation is 1. The molecule has 3 aromatic rings. The molecule has 0 N–H and O–H groups in total. The number of halogens is 3. The second kappa shape index (κ2) is 8.32. The number of para-hydroxylation sites is 1. The minimum atomic E-state index is -4.69. The molecule has 0 fully saturated rings. The Hall–Kier alpha value is -3.50. The highest BCUT2D eigenvalue weighted by Crippen LogP contribution is 2.27. The van der Waals surface area contributed by atoms with E-state index in [9.17, 15) is 28.1 Å². The van der Waals surface area contributed by atoms with Crippen LogP contribution in [0.3, 0.4) is 0 Å². The third kappa shape index (κ3) is 4.81. The Morgan fingerprint density at radius 1 is 1.29 bits per heavy atom. The van der Waals surface area contributed by atoms with Gasteiger partial charge in [-0.3, -0.25) is 14.9 Å². The summed E-state index contributed by atoms with van der Waals surface area (Å²) < 4.78 is 41.4. The molecule has 2 heterocycles. The Bertz CT molecular complexity index is 1140. The molecule has 0 saturated heterocycles. The molecule has 0 radical (unpaired) electrons. The van der Waals surface area contributed by atoms with E-state index in [0.29, 0.717) is 21.6 Å². The Balaban J connectivity index is 2.09. The Morgan fingerprint density at radius 3 is 2.58 bits per heavy atom. The SMILES string of the molecule is Cc1cc(C(=O)N(Cc2ccccc2[N+](=O)[O-])CC(F)(F)F)c2cnn(C(C)C)c2n1. The van der Waals surface area contributed by atoms with Gasteiger partial charge in [0.2, 0.25) is 0 Å². The molecule has 164 valence electrons. The van der Waals surface area contributed by atoms with Gasteiger partial charge in [0.25, 0.3) is 11.6 Å². The van der Waals surface area contributed by atoms with E-state index in [0.717, 1.165) is 0 Å². The van der Waals surface area contributed by atoms with Crippen molar-refractivity contribution in [2.24, 2.45) is 0 Å². The van der Waals surface area contributed by atoms with Crippen molar-refractivity contribution in [3.8, 4) is 0 Å². The van der Waals surface area contributed by atoms with E-state index in [-0.39, 0.29) is 22.9 Å². The standard InChI is InChI=1S/C20H20F3N5O3/c1-12(2)27-18-16(9-24-27)15(8-13(3)25-18)19(29)26(11-20(21,22)23)10-14-6-4-5-7-17(14)28(30)31/h4-9,12H,10-11H2,1-3H3. The van der Waals surface area contributed by atoms with Crippen molar-refractivity contribution in [2.45, 2.75) is 39.5 Å². The molecule has 0 unspecified atom stereocenters. The molecule has 0 atom stereocenters. The average Bonchev–Trinajstić information content (AvgIpc) is 3.09. The van der Waals surface area contributed by atoms with Crippen molar-refractivity contribution in [1.29, 1.82) is 0 Å². The van der Waals surface area contributed by atoms with Gasteiger partial charge in [0, 0.05) is 23.4 Å². The van der Waals surface area contributed by atoms with Crippen LogP contribution < -0.4 is 0 Å². The van der Waals surface area contributed by atoms with Crippen LogP contribution in [0.5, 0.6) is 0 Å². The van der Waals surface area contributed by atoms with Crippen LogP contribution in [-0.4, -0.2) is 43.2 Å². The first-order valence-corrected chi connectivity index (χ1v) is 9.41. The summed E-state index contributed by atoms with van der Waals surface area (Å²) in [4.78, 5) is 28.8. The number of nitrogens with zero attached hydrogens (tertiary/aromatic N) is 5. The zero-order valence-electron chi connectivity index (χ0n) is 17.1. The van der Waals surface area contributed by atoms with Gasteiger partial charge in [-0.25, -0.2) is 9.67 Å². The fourth-order valence-electron chi connectivity index (χ4n) is 3.31. The number of hydrogen-bond acceptors (Lipinski definition) is 5. The number of fused-ring (bicyclic) bond motifs is 1. The quantitative estimate of drug-likeness (QED) is 0.422. The number of rotatable bonds is 6. The molecular formula is C20H20F3N5O3. The van der Waals surface area contributed by atoms with Crippen molar-refractivity contribution in [3.63, 3.8) is 0 Å². The maximum atomic E-state index is 13.3. The summed E-state index contributed by atoms with van der Waals surface area (Å²) in [5.74, 6) is -0.908. The first kappa shape index (κ1) is 22.2. The molecular weight excluding hydrogens is 415 g/mol. The van der Waals surface area contributed by atoms with Crippen LogP contribution in [0.15, 0.2) is 36.5 Å². The lowest BCUT2D eigenvalue weighted by atomic mass is 10.1. The molecule has 1 amide bonds. The van der Waals surface area contributed by atoms with E-state index in [1.54, 1.807) is 11.6 Å². The largest absolute Gasteiger partial charge is 0.406 e. The summed E-state index contributed by atoms with van der Waals surface area (Å²) in [7, 11) is 0. The molecule has 2 aromatic heterocycles.